The van der Waals surface area contributed by atoms with Crippen LogP contribution >= 0.6 is 0 Å². The number of pyridine rings is 1. The van der Waals surface area contributed by atoms with Crippen molar-refractivity contribution in [3.63, 3.8) is 0 Å². The van der Waals surface area contributed by atoms with E-state index >= 15 is 0 Å². The van der Waals surface area contributed by atoms with Crippen LogP contribution in [0, 0.1) is 0 Å². The molecule has 0 aliphatic carbocycles. The van der Waals surface area contributed by atoms with Gasteiger partial charge in [0, 0.05) is 50.3 Å². The smallest absolute Gasteiger partial charge is 0.219 e. The maximum absolute atomic E-state index is 9.08. The van der Waals surface area contributed by atoms with Crippen LogP contribution in [0.5, 0.6) is 11.6 Å². The van der Waals surface area contributed by atoms with Gasteiger partial charge in [-0.2, -0.15) is 10.2 Å². The summed E-state index contributed by atoms with van der Waals surface area (Å²) >= 11 is 0. The topological polar surface area (TPSA) is 87.2 Å². The molecule has 32 heavy (non-hydrogen) atoms. The molecule has 4 rings (SSSR count). The fourth-order valence-electron chi connectivity index (χ4n) is 3.26. The Hall–Kier alpha value is -3.01. The van der Waals surface area contributed by atoms with E-state index in [1.165, 1.54) is 0 Å². The van der Waals surface area contributed by atoms with Gasteiger partial charge in [0.1, 0.15) is 12.5 Å². The van der Waals surface area contributed by atoms with Crippen LogP contribution in [0.2, 0.25) is 25.7 Å². The van der Waals surface area contributed by atoms with Crippen LogP contribution in [0.15, 0.2) is 55.0 Å². The number of ether oxygens (including phenoxy) is 2. The molecular weight excluding hydrogens is 422 g/mol. The first-order chi connectivity index (χ1) is 15.4. The van der Waals surface area contributed by atoms with E-state index in [1.54, 1.807) is 17.1 Å². The first-order valence-corrected chi connectivity index (χ1v) is 14.4. The lowest BCUT2D eigenvalue weighted by atomic mass is 10.2. The Morgan fingerprint density at radius 1 is 1.09 bits per heavy atom. The molecule has 168 valence electrons. The van der Waals surface area contributed by atoms with E-state index < -0.39 is 8.07 Å². The maximum Gasteiger partial charge on any atom is 0.219 e. The summed E-state index contributed by atoms with van der Waals surface area (Å²) in [7, 11) is -1.11. The predicted octanol–water partition coefficient (Wildman–Crippen LogP) is 4.39. The predicted molar refractivity (Wildman–Crippen MR) is 126 cm³/mol. The summed E-state index contributed by atoms with van der Waals surface area (Å²) in [5.41, 5.74) is 2.76. The second-order valence-electron chi connectivity index (χ2n) is 8.89. The standard InChI is InChI=1S/C23H29N5O3Si/c1-32(2,3)13-12-30-17-28-22(8-9-25-28)18-4-7-23(24-15-18)31-20-5-6-21-19(14-20)16-27(26-21)10-11-29/h4-9,14-16,29H,10-13,17H2,1-3H3. The fourth-order valence-corrected chi connectivity index (χ4v) is 4.02. The molecule has 3 aromatic heterocycles. The van der Waals surface area contributed by atoms with Crippen LogP contribution in [0.1, 0.15) is 0 Å². The van der Waals surface area contributed by atoms with Gasteiger partial charge < -0.3 is 14.6 Å². The summed E-state index contributed by atoms with van der Waals surface area (Å²) in [6.45, 7) is 8.72. The highest BCUT2D eigenvalue weighted by Crippen LogP contribution is 2.26. The summed E-state index contributed by atoms with van der Waals surface area (Å²) in [5, 5.41) is 18.8. The van der Waals surface area contributed by atoms with Crippen molar-refractivity contribution >= 4 is 19.0 Å². The second-order valence-corrected chi connectivity index (χ2v) is 14.5. The molecule has 0 atom stereocenters. The summed E-state index contributed by atoms with van der Waals surface area (Å²) < 4.78 is 15.3. The third-order valence-corrected chi connectivity index (χ3v) is 6.74. The average molecular weight is 452 g/mol. The van der Waals surface area contributed by atoms with E-state index in [1.807, 2.05) is 47.3 Å². The normalized spacial score (nSPS) is 11.9. The van der Waals surface area contributed by atoms with Gasteiger partial charge in [0.2, 0.25) is 5.88 Å². The van der Waals surface area contributed by atoms with Crippen molar-refractivity contribution < 1.29 is 14.6 Å². The number of fused-ring (bicyclic) bond motifs is 1. The number of nitrogens with zero attached hydrogens (tertiary/aromatic N) is 5. The number of hydrogen-bond acceptors (Lipinski definition) is 6. The molecule has 9 heteroatoms. The van der Waals surface area contributed by atoms with Crippen molar-refractivity contribution in [3.8, 4) is 22.9 Å². The molecule has 0 amide bonds. The third kappa shape index (κ3) is 5.61. The molecule has 0 aliphatic heterocycles. The van der Waals surface area contributed by atoms with Gasteiger partial charge in [0.05, 0.1) is 24.4 Å². The molecule has 0 spiro atoms. The fraction of sp³-hybridized carbons (Fsp3) is 0.348. The van der Waals surface area contributed by atoms with Crippen molar-refractivity contribution in [1.82, 2.24) is 24.5 Å². The lowest BCUT2D eigenvalue weighted by Gasteiger charge is -2.16. The average Bonchev–Trinajstić information content (AvgIpc) is 3.37. The van der Waals surface area contributed by atoms with Gasteiger partial charge in [-0.1, -0.05) is 19.6 Å². The van der Waals surface area contributed by atoms with Gasteiger partial charge in [-0.25, -0.2) is 9.67 Å². The Morgan fingerprint density at radius 2 is 1.97 bits per heavy atom. The molecule has 1 N–H and O–H groups in total. The van der Waals surface area contributed by atoms with Gasteiger partial charge in [-0.15, -0.1) is 0 Å². The Kier molecular flexibility index (Phi) is 6.68. The molecule has 4 aromatic rings. The number of aliphatic hydroxyl groups is 1. The molecule has 0 saturated carbocycles. The summed E-state index contributed by atoms with van der Waals surface area (Å²) in [6.07, 6.45) is 5.44. The summed E-state index contributed by atoms with van der Waals surface area (Å²) in [5.74, 6) is 1.19. The lowest BCUT2D eigenvalue weighted by Crippen LogP contribution is -2.22. The summed E-state index contributed by atoms with van der Waals surface area (Å²) in [6, 6.07) is 12.6. The second kappa shape index (κ2) is 9.64. The molecule has 0 radical (unpaired) electrons. The van der Waals surface area contributed by atoms with Crippen LogP contribution in [0.3, 0.4) is 0 Å². The highest BCUT2D eigenvalue weighted by molar-refractivity contribution is 6.76. The maximum atomic E-state index is 9.08. The molecule has 0 unspecified atom stereocenters. The number of hydrogen-bond donors (Lipinski definition) is 1. The summed E-state index contributed by atoms with van der Waals surface area (Å²) in [4.78, 5) is 4.46. The SMILES string of the molecule is C[Si](C)(C)CCOCn1nccc1-c1ccc(Oc2ccc3nn(CCO)cc3c2)nc1. The van der Waals surface area contributed by atoms with Crippen molar-refractivity contribution in [2.45, 2.75) is 39.0 Å². The van der Waals surface area contributed by atoms with Gasteiger partial charge in [0.25, 0.3) is 0 Å². The van der Waals surface area contributed by atoms with Crippen LogP contribution < -0.4 is 4.74 Å². The zero-order valence-corrected chi connectivity index (χ0v) is 19.7. The van der Waals surface area contributed by atoms with E-state index in [0.717, 1.165) is 34.8 Å². The van der Waals surface area contributed by atoms with E-state index in [-0.39, 0.29) is 6.61 Å². The molecular formula is C23H29N5O3Si. The number of aromatic nitrogens is 5. The minimum atomic E-state index is -1.11. The number of rotatable bonds is 10. The molecule has 1 aromatic carbocycles. The van der Waals surface area contributed by atoms with Gasteiger partial charge >= 0.3 is 0 Å². The first-order valence-electron chi connectivity index (χ1n) is 10.7. The van der Waals surface area contributed by atoms with Crippen LogP contribution in [-0.2, 0) is 18.0 Å². The first kappa shape index (κ1) is 22.2. The van der Waals surface area contributed by atoms with Crippen molar-refractivity contribution in [2.75, 3.05) is 13.2 Å². The van der Waals surface area contributed by atoms with E-state index in [9.17, 15) is 0 Å². The Labute approximate surface area is 188 Å². The minimum absolute atomic E-state index is 0.0527. The molecule has 8 nitrogen and oxygen atoms in total. The Bertz CT molecular complexity index is 1160. The Morgan fingerprint density at radius 3 is 2.72 bits per heavy atom. The zero-order chi connectivity index (χ0) is 22.6. The number of aliphatic hydroxyl groups excluding tert-OH is 1. The monoisotopic (exact) mass is 451 g/mol. The largest absolute Gasteiger partial charge is 0.439 e. The zero-order valence-electron chi connectivity index (χ0n) is 18.7. The van der Waals surface area contributed by atoms with Crippen LogP contribution in [0.4, 0.5) is 0 Å². The van der Waals surface area contributed by atoms with Gasteiger partial charge in [-0.3, -0.25) is 4.68 Å². The molecule has 3 heterocycles. The van der Waals surface area contributed by atoms with Crippen LogP contribution in [0.25, 0.3) is 22.2 Å². The molecule has 0 saturated heterocycles. The lowest BCUT2D eigenvalue weighted by molar-refractivity contribution is 0.0798. The van der Waals surface area contributed by atoms with Gasteiger partial charge in [-0.05, 0) is 36.4 Å². The minimum Gasteiger partial charge on any atom is -0.439 e. The van der Waals surface area contributed by atoms with E-state index in [0.29, 0.717) is 24.9 Å². The molecule has 0 fully saturated rings. The van der Waals surface area contributed by atoms with Crippen molar-refractivity contribution in [3.05, 3.63) is 55.0 Å². The van der Waals surface area contributed by atoms with E-state index in [4.69, 9.17) is 14.6 Å². The molecule has 0 bridgehead atoms. The van der Waals surface area contributed by atoms with Crippen molar-refractivity contribution in [1.29, 1.82) is 0 Å². The van der Waals surface area contributed by atoms with Crippen molar-refractivity contribution in [2.24, 2.45) is 0 Å². The highest BCUT2D eigenvalue weighted by atomic mass is 28.3. The molecule has 0 aliphatic rings. The van der Waals surface area contributed by atoms with Gasteiger partial charge in [0.15, 0.2) is 0 Å². The number of benzene rings is 1. The van der Waals surface area contributed by atoms with E-state index in [2.05, 4.69) is 34.8 Å². The highest BCUT2D eigenvalue weighted by Gasteiger charge is 2.13. The quantitative estimate of drug-likeness (QED) is 0.284. The van der Waals surface area contributed by atoms with Crippen LogP contribution in [-0.4, -0.2) is 50.9 Å². The third-order valence-electron chi connectivity index (χ3n) is 5.03. The Balaban J connectivity index is 1.40.